The molecule has 1 fully saturated rings. The first-order valence-electron chi connectivity index (χ1n) is 5.96. The Hall–Kier alpha value is -0.570. The van der Waals surface area contributed by atoms with Gasteiger partial charge in [0, 0.05) is 13.0 Å². The highest BCUT2D eigenvalue weighted by atomic mass is 16.1. The van der Waals surface area contributed by atoms with Crippen LogP contribution in [0.1, 0.15) is 40.0 Å². The van der Waals surface area contributed by atoms with E-state index in [1.54, 1.807) is 0 Å². The summed E-state index contributed by atoms with van der Waals surface area (Å²) in [6, 6.07) is 0. The lowest BCUT2D eigenvalue weighted by molar-refractivity contribution is -0.122. The molecule has 15 heavy (non-hydrogen) atoms. The zero-order valence-electron chi connectivity index (χ0n) is 10.2. The summed E-state index contributed by atoms with van der Waals surface area (Å²) in [6.07, 6.45) is 2.81. The molecule has 3 heteroatoms. The summed E-state index contributed by atoms with van der Waals surface area (Å²) in [5, 5.41) is 3.00. The van der Waals surface area contributed by atoms with Gasteiger partial charge < -0.3 is 11.1 Å². The number of carbonyl (C=O) groups is 1. The van der Waals surface area contributed by atoms with Crippen molar-refractivity contribution in [2.45, 2.75) is 40.0 Å². The molecule has 0 aromatic carbocycles. The van der Waals surface area contributed by atoms with Crippen molar-refractivity contribution in [1.82, 2.24) is 5.32 Å². The predicted molar refractivity (Wildman–Crippen MR) is 62.4 cm³/mol. The predicted octanol–water partition coefficient (Wildman–Crippen LogP) is 1.52. The summed E-state index contributed by atoms with van der Waals surface area (Å²) in [7, 11) is 0. The summed E-state index contributed by atoms with van der Waals surface area (Å²) in [4.78, 5) is 11.5. The van der Waals surface area contributed by atoms with Gasteiger partial charge in [0.15, 0.2) is 0 Å². The van der Waals surface area contributed by atoms with E-state index < -0.39 is 0 Å². The van der Waals surface area contributed by atoms with Crippen LogP contribution in [0.2, 0.25) is 0 Å². The first kappa shape index (κ1) is 12.5. The van der Waals surface area contributed by atoms with Crippen LogP contribution in [0.4, 0.5) is 0 Å². The maximum atomic E-state index is 11.5. The molecule has 3 N–H and O–H groups in total. The third kappa shape index (κ3) is 3.82. The molecule has 0 bridgehead atoms. The molecule has 0 aromatic heterocycles. The van der Waals surface area contributed by atoms with Crippen LogP contribution in [0.25, 0.3) is 0 Å². The van der Waals surface area contributed by atoms with Gasteiger partial charge in [0.05, 0.1) is 0 Å². The fourth-order valence-electron chi connectivity index (χ4n) is 1.89. The molecule has 3 nitrogen and oxygen atoms in total. The third-order valence-corrected chi connectivity index (χ3v) is 3.65. The maximum Gasteiger partial charge on any atom is 0.220 e. The molecule has 0 aliphatic heterocycles. The fourth-order valence-corrected chi connectivity index (χ4v) is 1.89. The van der Waals surface area contributed by atoms with Gasteiger partial charge >= 0.3 is 0 Å². The number of hydrogen-bond donors (Lipinski definition) is 2. The van der Waals surface area contributed by atoms with Crippen LogP contribution in [0.3, 0.4) is 0 Å². The van der Waals surface area contributed by atoms with E-state index in [0.29, 0.717) is 30.2 Å². The number of carbonyl (C=O) groups excluding carboxylic acids is 1. The standard InChI is InChI=1S/C12H24N2O/c1-4-9(7-13)5-11(15)14-8-10-6-12(10,2)3/h9-10H,4-8,13H2,1-3H3,(H,14,15). The second kappa shape index (κ2) is 4.97. The first-order chi connectivity index (χ1) is 6.99. The molecule has 1 aliphatic carbocycles. The second-order valence-corrected chi connectivity index (χ2v) is 5.41. The lowest BCUT2D eigenvalue weighted by Gasteiger charge is -2.12. The van der Waals surface area contributed by atoms with Crippen molar-refractivity contribution in [2.24, 2.45) is 23.0 Å². The molecular formula is C12H24N2O. The van der Waals surface area contributed by atoms with E-state index in [1.165, 1.54) is 6.42 Å². The molecular weight excluding hydrogens is 188 g/mol. The van der Waals surface area contributed by atoms with Crippen LogP contribution in [-0.4, -0.2) is 19.0 Å². The monoisotopic (exact) mass is 212 g/mol. The quantitative estimate of drug-likeness (QED) is 0.701. The number of amides is 1. The van der Waals surface area contributed by atoms with E-state index in [0.717, 1.165) is 13.0 Å². The van der Waals surface area contributed by atoms with Crippen molar-refractivity contribution in [3.63, 3.8) is 0 Å². The Balaban J connectivity index is 2.14. The summed E-state index contributed by atoms with van der Waals surface area (Å²) in [5.41, 5.74) is 6.01. The van der Waals surface area contributed by atoms with E-state index in [-0.39, 0.29) is 5.91 Å². The van der Waals surface area contributed by atoms with Gasteiger partial charge in [0.25, 0.3) is 0 Å². The molecule has 0 spiro atoms. The molecule has 2 unspecified atom stereocenters. The average molecular weight is 212 g/mol. The van der Waals surface area contributed by atoms with Gasteiger partial charge in [-0.15, -0.1) is 0 Å². The lowest BCUT2D eigenvalue weighted by atomic mass is 10.0. The van der Waals surface area contributed by atoms with Crippen LogP contribution in [0.15, 0.2) is 0 Å². The van der Waals surface area contributed by atoms with Gasteiger partial charge in [0.1, 0.15) is 0 Å². The molecule has 0 heterocycles. The van der Waals surface area contributed by atoms with E-state index >= 15 is 0 Å². The minimum absolute atomic E-state index is 0.162. The number of nitrogens with one attached hydrogen (secondary N) is 1. The van der Waals surface area contributed by atoms with Gasteiger partial charge in [-0.2, -0.15) is 0 Å². The van der Waals surface area contributed by atoms with E-state index in [9.17, 15) is 4.79 Å². The van der Waals surface area contributed by atoms with Crippen molar-refractivity contribution in [3.05, 3.63) is 0 Å². The largest absolute Gasteiger partial charge is 0.356 e. The van der Waals surface area contributed by atoms with Gasteiger partial charge in [-0.25, -0.2) is 0 Å². The van der Waals surface area contributed by atoms with Crippen LogP contribution in [0, 0.1) is 17.3 Å². The van der Waals surface area contributed by atoms with Gasteiger partial charge in [-0.05, 0) is 30.2 Å². The Morgan fingerprint density at radius 2 is 2.20 bits per heavy atom. The van der Waals surface area contributed by atoms with Gasteiger partial charge in [0.2, 0.25) is 5.91 Å². The molecule has 0 radical (unpaired) electrons. The van der Waals surface area contributed by atoms with Gasteiger partial charge in [-0.1, -0.05) is 27.2 Å². The van der Waals surface area contributed by atoms with Crippen molar-refractivity contribution in [2.75, 3.05) is 13.1 Å². The molecule has 1 saturated carbocycles. The maximum absolute atomic E-state index is 11.5. The molecule has 1 amide bonds. The number of nitrogens with two attached hydrogens (primary N) is 1. The van der Waals surface area contributed by atoms with Crippen molar-refractivity contribution < 1.29 is 4.79 Å². The Morgan fingerprint density at radius 1 is 1.60 bits per heavy atom. The summed E-state index contributed by atoms with van der Waals surface area (Å²) < 4.78 is 0. The van der Waals surface area contributed by atoms with Crippen LogP contribution in [0.5, 0.6) is 0 Å². The SMILES string of the molecule is CCC(CN)CC(=O)NCC1CC1(C)C. The summed E-state index contributed by atoms with van der Waals surface area (Å²) >= 11 is 0. The highest BCUT2D eigenvalue weighted by molar-refractivity contribution is 5.76. The number of rotatable bonds is 6. The summed E-state index contributed by atoms with van der Waals surface area (Å²) in [6.45, 7) is 8.03. The van der Waals surface area contributed by atoms with E-state index in [2.05, 4.69) is 26.1 Å². The topological polar surface area (TPSA) is 55.1 Å². The zero-order chi connectivity index (χ0) is 11.5. The highest BCUT2D eigenvalue weighted by Crippen LogP contribution is 2.50. The zero-order valence-corrected chi connectivity index (χ0v) is 10.2. The minimum atomic E-state index is 0.162. The van der Waals surface area contributed by atoms with Crippen LogP contribution in [-0.2, 0) is 4.79 Å². The highest BCUT2D eigenvalue weighted by Gasteiger charge is 2.45. The van der Waals surface area contributed by atoms with Crippen molar-refractivity contribution in [3.8, 4) is 0 Å². The van der Waals surface area contributed by atoms with Crippen LogP contribution < -0.4 is 11.1 Å². The molecule has 1 aliphatic rings. The van der Waals surface area contributed by atoms with Crippen LogP contribution >= 0.6 is 0 Å². The Bertz CT molecular complexity index is 222. The molecule has 1 rings (SSSR count). The normalized spacial score (nSPS) is 24.7. The Kier molecular flexibility index (Phi) is 4.14. The van der Waals surface area contributed by atoms with E-state index in [1.807, 2.05) is 0 Å². The van der Waals surface area contributed by atoms with E-state index in [4.69, 9.17) is 5.73 Å². The summed E-state index contributed by atoms with van der Waals surface area (Å²) in [5.74, 6) is 1.19. The second-order valence-electron chi connectivity index (χ2n) is 5.41. The third-order valence-electron chi connectivity index (χ3n) is 3.65. The van der Waals surface area contributed by atoms with Crippen molar-refractivity contribution >= 4 is 5.91 Å². The molecule has 88 valence electrons. The smallest absolute Gasteiger partial charge is 0.220 e. The fraction of sp³-hybridized carbons (Fsp3) is 0.917. The first-order valence-corrected chi connectivity index (χ1v) is 5.96. The Labute approximate surface area is 92.8 Å². The number of hydrogen-bond acceptors (Lipinski definition) is 2. The average Bonchev–Trinajstić information content (AvgIpc) is 2.80. The lowest BCUT2D eigenvalue weighted by Crippen LogP contribution is -2.30. The van der Waals surface area contributed by atoms with Gasteiger partial charge in [-0.3, -0.25) is 4.79 Å². The molecule has 2 atom stereocenters. The minimum Gasteiger partial charge on any atom is -0.356 e. The molecule has 0 aromatic rings. The molecule has 0 saturated heterocycles. The van der Waals surface area contributed by atoms with Crippen molar-refractivity contribution in [1.29, 1.82) is 0 Å². The Morgan fingerprint density at radius 3 is 2.60 bits per heavy atom.